The Kier molecular flexibility index (Phi) is 8.21. The van der Waals surface area contributed by atoms with Crippen molar-refractivity contribution in [2.45, 2.75) is 74.1 Å². The minimum absolute atomic E-state index is 0.0349. The van der Waals surface area contributed by atoms with Crippen molar-refractivity contribution in [2.24, 2.45) is 17.8 Å². The largest absolute Gasteiger partial charge is 0.468 e. The molecule has 1 aliphatic carbocycles. The fourth-order valence-electron chi connectivity index (χ4n) is 7.73. The monoisotopic (exact) mass is 624 g/mol. The highest BCUT2D eigenvalue weighted by atomic mass is 16.5. The maximum absolute atomic E-state index is 14.1. The van der Waals surface area contributed by atoms with Gasteiger partial charge in [-0.3, -0.25) is 14.4 Å². The third-order valence-electron chi connectivity index (χ3n) is 10.3. The van der Waals surface area contributed by atoms with Crippen molar-refractivity contribution in [1.82, 2.24) is 20.3 Å². The van der Waals surface area contributed by atoms with E-state index >= 15 is 0 Å². The van der Waals surface area contributed by atoms with Gasteiger partial charge in [0.1, 0.15) is 5.92 Å². The molecule has 2 aliphatic heterocycles. The normalized spacial score (nSPS) is 24.0. The van der Waals surface area contributed by atoms with Crippen molar-refractivity contribution >= 4 is 41.5 Å². The summed E-state index contributed by atoms with van der Waals surface area (Å²) in [7, 11) is 1.31. The number of hydrogen-bond donors (Lipinski definition) is 4. The second-order valence-corrected chi connectivity index (χ2v) is 12.6. The molecule has 9 nitrogen and oxygen atoms in total. The fraction of sp³-hybridized carbons (Fsp3) is 0.432. The van der Waals surface area contributed by atoms with Crippen LogP contribution < -0.4 is 16.0 Å². The van der Waals surface area contributed by atoms with E-state index in [-0.39, 0.29) is 30.0 Å². The Balaban J connectivity index is 1.69. The third-order valence-corrected chi connectivity index (χ3v) is 10.3. The van der Waals surface area contributed by atoms with Gasteiger partial charge in [-0.15, -0.1) is 0 Å². The highest BCUT2D eigenvalue weighted by Crippen LogP contribution is 2.48. The van der Waals surface area contributed by atoms with Gasteiger partial charge in [0.15, 0.2) is 5.78 Å². The fourth-order valence-corrected chi connectivity index (χ4v) is 7.73. The standard InChI is InChI=1S/C37H44N4O5/c1-9-21-17(4)24-14-26-19(6)23(12-13-30(42)46-11-3)34(40-26)32-33(37(44)45-8)36(43)31-20(7)27(41-35(31)32)16-29-22(10-2)18(5)25(39-29)15-28(21)38-24/h14-16,19,23,33,38-41H,9-13H2,1-8H3/b25-15-,26-14-,29-16-,34-32-/t19-,23-,33+/m0/s1. The molecule has 3 aliphatic rings. The zero-order valence-electron chi connectivity index (χ0n) is 28.0. The minimum Gasteiger partial charge on any atom is -0.468 e. The van der Waals surface area contributed by atoms with Gasteiger partial charge in [0, 0.05) is 68.6 Å². The molecule has 1 fully saturated rings. The number of esters is 2. The number of fused-ring (bicyclic) bond motifs is 7. The van der Waals surface area contributed by atoms with Crippen molar-refractivity contribution in [3.05, 3.63) is 78.2 Å². The SMILES string of the molecule is CCOC(=O)CC[C@@H]1/C2=C3/c4[nH]c(c(C)c4C(=O)[C@@H]3C(=O)OC)/C=c3\[nH]/c(c(C)c3CC)=C\c3[nH]c(c(C)c3CC)/C=C(\N2)[C@H]1C. The van der Waals surface area contributed by atoms with Gasteiger partial charge in [-0.05, 0) is 93.0 Å². The number of hydrogen-bond acceptors (Lipinski definition) is 6. The molecule has 0 saturated carbocycles. The topological polar surface area (TPSA) is 129 Å². The van der Waals surface area contributed by atoms with Gasteiger partial charge < -0.3 is 29.7 Å². The Morgan fingerprint density at radius 1 is 0.848 bits per heavy atom. The highest BCUT2D eigenvalue weighted by Gasteiger charge is 2.48. The molecular formula is C37H44N4O5. The molecular weight excluding hydrogens is 580 g/mol. The number of methoxy groups -OCH3 is 1. The van der Waals surface area contributed by atoms with Crippen molar-refractivity contribution in [2.75, 3.05) is 13.7 Å². The van der Waals surface area contributed by atoms with E-state index in [1.54, 1.807) is 6.92 Å². The molecule has 242 valence electrons. The van der Waals surface area contributed by atoms with Crippen molar-refractivity contribution in [3.63, 3.8) is 0 Å². The third kappa shape index (κ3) is 4.87. The summed E-state index contributed by atoms with van der Waals surface area (Å²) in [4.78, 5) is 50.9. The smallest absolute Gasteiger partial charge is 0.321 e. The van der Waals surface area contributed by atoms with Crippen molar-refractivity contribution in [3.8, 4) is 0 Å². The van der Waals surface area contributed by atoms with Crippen molar-refractivity contribution < 1.29 is 23.9 Å². The van der Waals surface area contributed by atoms with Gasteiger partial charge in [-0.2, -0.15) is 0 Å². The summed E-state index contributed by atoms with van der Waals surface area (Å²) in [6, 6.07) is 0. The molecule has 1 saturated heterocycles. The first-order valence-corrected chi connectivity index (χ1v) is 16.4. The molecule has 0 unspecified atom stereocenters. The Morgan fingerprint density at radius 2 is 1.54 bits per heavy atom. The maximum atomic E-state index is 14.1. The molecule has 0 radical (unpaired) electrons. The van der Waals surface area contributed by atoms with Gasteiger partial charge >= 0.3 is 11.9 Å². The van der Waals surface area contributed by atoms with E-state index in [9.17, 15) is 14.4 Å². The van der Waals surface area contributed by atoms with E-state index in [0.717, 1.165) is 57.6 Å². The van der Waals surface area contributed by atoms with Gasteiger partial charge in [0.05, 0.1) is 19.4 Å². The van der Waals surface area contributed by atoms with Gasteiger partial charge in [-0.25, -0.2) is 0 Å². The Labute approximate surface area is 269 Å². The van der Waals surface area contributed by atoms with Crippen LogP contribution in [0.3, 0.4) is 0 Å². The number of H-pyrrole nitrogens is 3. The number of aromatic nitrogens is 3. The molecule has 3 aromatic rings. The predicted octanol–water partition coefficient (Wildman–Crippen LogP) is 4.63. The Bertz CT molecular complexity index is 1960. The molecule has 9 heteroatoms. The van der Waals surface area contributed by atoms with Crippen LogP contribution in [-0.2, 0) is 31.9 Å². The molecule has 6 rings (SSSR count). The first-order valence-electron chi connectivity index (χ1n) is 16.4. The Morgan fingerprint density at radius 3 is 2.22 bits per heavy atom. The number of ether oxygens (including phenoxy) is 2. The zero-order chi connectivity index (χ0) is 33.0. The summed E-state index contributed by atoms with van der Waals surface area (Å²) in [5.74, 6) is -2.46. The van der Waals surface area contributed by atoms with Crippen LogP contribution in [-0.4, -0.2) is 46.4 Å². The minimum atomic E-state index is -1.11. The summed E-state index contributed by atoms with van der Waals surface area (Å²) in [6.07, 6.45) is 8.84. The lowest BCUT2D eigenvalue weighted by molar-refractivity contribution is -0.143. The van der Waals surface area contributed by atoms with Crippen LogP contribution in [0.4, 0.5) is 0 Å². The average Bonchev–Trinajstić information content (AvgIpc) is 3.77. The lowest BCUT2D eigenvalue weighted by atomic mass is 9.85. The van der Waals surface area contributed by atoms with Crippen LogP contribution in [0.5, 0.6) is 0 Å². The molecule has 0 aromatic carbocycles. The summed E-state index contributed by atoms with van der Waals surface area (Å²) < 4.78 is 10.5. The second-order valence-electron chi connectivity index (χ2n) is 12.6. The van der Waals surface area contributed by atoms with Crippen LogP contribution in [0.1, 0.15) is 101 Å². The van der Waals surface area contributed by atoms with E-state index in [0.29, 0.717) is 29.9 Å². The lowest BCUT2D eigenvalue weighted by Gasteiger charge is -2.19. The number of ketones is 1. The van der Waals surface area contributed by atoms with E-state index in [2.05, 4.69) is 73.1 Å². The second kappa shape index (κ2) is 12.0. The molecule has 3 aromatic heterocycles. The van der Waals surface area contributed by atoms with Gasteiger partial charge in [0.2, 0.25) is 0 Å². The molecule has 0 spiro atoms. The number of rotatable bonds is 7. The van der Waals surface area contributed by atoms with E-state index in [1.165, 1.54) is 29.4 Å². The zero-order valence-corrected chi connectivity index (χ0v) is 28.0. The Hall–Kier alpha value is -4.53. The predicted molar refractivity (Wildman–Crippen MR) is 178 cm³/mol. The van der Waals surface area contributed by atoms with Gasteiger partial charge in [0.25, 0.3) is 0 Å². The van der Waals surface area contributed by atoms with Crippen LogP contribution >= 0.6 is 0 Å². The summed E-state index contributed by atoms with van der Waals surface area (Å²) in [5.41, 5.74) is 11.9. The number of carbonyl (C=O) groups excluding carboxylic acids is 3. The van der Waals surface area contributed by atoms with Crippen LogP contribution in [0.15, 0.2) is 11.4 Å². The highest BCUT2D eigenvalue weighted by molar-refractivity contribution is 6.24. The molecule has 8 bridgehead atoms. The van der Waals surface area contributed by atoms with Crippen LogP contribution in [0.2, 0.25) is 0 Å². The number of aromatic amines is 3. The number of Topliss-reactive ketones (excluding diaryl/α,β-unsaturated/α-hetero) is 1. The first kappa shape index (κ1) is 31.5. The summed E-state index contributed by atoms with van der Waals surface area (Å²) >= 11 is 0. The van der Waals surface area contributed by atoms with E-state index in [1.807, 2.05) is 6.92 Å². The summed E-state index contributed by atoms with van der Waals surface area (Å²) in [6.45, 7) is 14.8. The van der Waals surface area contributed by atoms with Crippen LogP contribution in [0.25, 0.3) is 23.8 Å². The number of carbonyl (C=O) groups is 3. The van der Waals surface area contributed by atoms with E-state index < -0.39 is 11.9 Å². The molecule has 5 heterocycles. The maximum Gasteiger partial charge on any atom is 0.321 e. The average molecular weight is 625 g/mol. The summed E-state index contributed by atoms with van der Waals surface area (Å²) in [5, 5.41) is 5.69. The quantitative estimate of drug-likeness (QED) is 0.224. The molecule has 4 N–H and O–H groups in total. The molecule has 0 amide bonds. The number of allylic oxidation sites excluding steroid dienone is 2. The van der Waals surface area contributed by atoms with Gasteiger partial charge in [-0.1, -0.05) is 20.8 Å². The molecule has 46 heavy (non-hydrogen) atoms. The lowest BCUT2D eigenvalue weighted by Crippen LogP contribution is -2.25. The van der Waals surface area contributed by atoms with Crippen molar-refractivity contribution in [1.29, 1.82) is 0 Å². The van der Waals surface area contributed by atoms with E-state index in [4.69, 9.17) is 9.47 Å². The van der Waals surface area contributed by atoms with Crippen LogP contribution in [0, 0.1) is 38.5 Å². The number of nitrogens with one attached hydrogen (secondary N) is 4. The first-order chi connectivity index (χ1) is 22.0. The molecule has 3 atom stereocenters.